The number of aliphatic hydroxyl groups is 1. The SMILES string of the molecule is O=C(CCN1CCSC1=O)N[C@H](CO)C(=O)O. The highest BCUT2D eigenvalue weighted by Crippen LogP contribution is 2.16. The van der Waals surface area contributed by atoms with Crippen molar-refractivity contribution < 1.29 is 24.6 Å². The Labute approximate surface area is 102 Å². The number of carbonyl (C=O) groups is 3. The Hall–Kier alpha value is -1.28. The smallest absolute Gasteiger partial charge is 0.328 e. The minimum Gasteiger partial charge on any atom is -0.480 e. The van der Waals surface area contributed by atoms with E-state index in [1.54, 1.807) is 4.90 Å². The number of carboxylic acid groups (broad SMARTS) is 1. The summed E-state index contributed by atoms with van der Waals surface area (Å²) in [4.78, 5) is 34.6. The molecule has 0 bridgehead atoms. The van der Waals surface area contributed by atoms with Crippen LogP contribution >= 0.6 is 11.8 Å². The highest BCUT2D eigenvalue weighted by atomic mass is 32.2. The second-order valence-electron chi connectivity index (χ2n) is 3.49. The van der Waals surface area contributed by atoms with Crippen molar-refractivity contribution in [1.29, 1.82) is 0 Å². The first kappa shape index (κ1) is 13.8. The molecule has 1 fully saturated rings. The second-order valence-corrected chi connectivity index (χ2v) is 4.54. The van der Waals surface area contributed by atoms with E-state index in [-0.39, 0.29) is 18.2 Å². The third kappa shape index (κ3) is 4.23. The third-order valence-electron chi connectivity index (χ3n) is 2.27. The van der Waals surface area contributed by atoms with Gasteiger partial charge < -0.3 is 20.4 Å². The molecule has 0 aromatic rings. The van der Waals surface area contributed by atoms with Gasteiger partial charge in [-0.15, -0.1) is 0 Å². The van der Waals surface area contributed by atoms with Gasteiger partial charge in [-0.2, -0.15) is 0 Å². The highest BCUT2D eigenvalue weighted by Gasteiger charge is 2.23. The van der Waals surface area contributed by atoms with Gasteiger partial charge in [-0.3, -0.25) is 9.59 Å². The Bertz CT molecular complexity index is 323. The Morgan fingerprint density at radius 2 is 2.24 bits per heavy atom. The molecule has 0 unspecified atom stereocenters. The number of nitrogens with zero attached hydrogens (tertiary/aromatic N) is 1. The molecule has 17 heavy (non-hydrogen) atoms. The minimum absolute atomic E-state index is 0.0378. The topological polar surface area (TPSA) is 107 Å². The maximum Gasteiger partial charge on any atom is 0.328 e. The summed E-state index contributed by atoms with van der Waals surface area (Å²) in [5.74, 6) is -1.06. The summed E-state index contributed by atoms with van der Waals surface area (Å²) >= 11 is 1.20. The van der Waals surface area contributed by atoms with E-state index in [9.17, 15) is 14.4 Å². The lowest BCUT2D eigenvalue weighted by Crippen LogP contribution is -2.44. The molecule has 3 N–H and O–H groups in total. The molecular formula is C9H14N2O5S. The van der Waals surface area contributed by atoms with Crippen molar-refractivity contribution in [1.82, 2.24) is 10.2 Å². The van der Waals surface area contributed by atoms with Gasteiger partial charge in [0, 0.05) is 25.3 Å². The van der Waals surface area contributed by atoms with Gasteiger partial charge in [0.15, 0.2) is 0 Å². The molecule has 1 aliphatic heterocycles. The van der Waals surface area contributed by atoms with Crippen LogP contribution in [0.15, 0.2) is 0 Å². The van der Waals surface area contributed by atoms with Crippen LogP contribution in [0, 0.1) is 0 Å². The van der Waals surface area contributed by atoms with Crippen LogP contribution in [0.4, 0.5) is 4.79 Å². The molecule has 1 rings (SSSR count). The summed E-state index contributed by atoms with van der Waals surface area (Å²) < 4.78 is 0. The quantitative estimate of drug-likeness (QED) is 0.573. The summed E-state index contributed by atoms with van der Waals surface area (Å²) in [7, 11) is 0. The normalized spacial score (nSPS) is 17.0. The zero-order chi connectivity index (χ0) is 12.8. The maximum absolute atomic E-state index is 11.3. The van der Waals surface area contributed by atoms with Gasteiger partial charge in [-0.25, -0.2) is 4.79 Å². The summed E-state index contributed by atoms with van der Waals surface area (Å²) in [6.07, 6.45) is 0.0378. The van der Waals surface area contributed by atoms with E-state index < -0.39 is 24.5 Å². The number of aliphatic carboxylic acids is 1. The van der Waals surface area contributed by atoms with E-state index in [2.05, 4.69) is 5.32 Å². The molecule has 0 aromatic carbocycles. The molecule has 0 spiro atoms. The number of carbonyl (C=O) groups excluding carboxylic acids is 2. The van der Waals surface area contributed by atoms with E-state index in [0.717, 1.165) is 5.75 Å². The van der Waals surface area contributed by atoms with Crippen LogP contribution in [-0.4, -0.2) is 63.7 Å². The van der Waals surface area contributed by atoms with Crippen molar-refractivity contribution in [2.45, 2.75) is 12.5 Å². The number of thioether (sulfide) groups is 1. The Balaban J connectivity index is 2.29. The first-order valence-electron chi connectivity index (χ1n) is 5.09. The number of carboxylic acids is 1. The molecule has 8 heteroatoms. The number of rotatable bonds is 6. The average molecular weight is 262 g/mol. The van der Waals surface area contributed by atoms with Gasteiger partial charge >= 0.3 is 5.97 Å². The molecule has 0 aliphatic carbocycles. The lowest BCUT2D eigenvalue weighted by atomic mass is 10.3. The van der Waals surface area contributed by atoms with Gasteiger partial charge in [0.2, 0.25) is 5.91 Å². The van der Waals surface area contributed by atoms with Crippen molar-refractivity contribution in [2.75, 3.05) is 25.4 Å². The molecule has 1 aliphatic rings. The summed E-state index contributed by atoms with van der Waals surface area (Å²) in [5.41, 5.74) is 0. The lowest BCUT2D eigenvalue weighted by Gasteiger charge is -2.15. The second kappa shape index (κ2) is 6.45. The molecule has 1 saturated heterocycles. The van der Waals surface area contributed by atoms with E-state index in [1.165, 1.54) is 11.8 Å². The third-order valence-corrected chi connectivity index (χ3v) is 3.16. The van der Waals surface area contributed by atoms with Crippen LogP contribution in [0.5, 0.6) is 0 Å². The van der Waals surface area contributed by atoms with Crippen molar-refractivity contribution in [3.63, 3.8) is 0 Å². The largest absolute Gasteiger partial charge is 0.480 e. The zero-order valence-electron chi connectivity index (χ0n) is 9.09. The first-order valence-corrected chi connectivity index (χ1v) is 6.08. The van der Waals surface area contributed by atoms with Gasteiger partial charge in [0.05, 0.1) is 6.61 Å². The lowest BCUT2D eigenvalue weighted by molar-refractivity contribution is -0.143. The molecule has 7 nitrogen and oxygen atoms in total. The number of hydrogen-bond acceptors (Lipinski definition) is 5. The van der Waals surface area contributed by atoms with Crippen LogP contribution in [0.2, 0.25) is 0 Å². The molecule has 96 valence electrons. The van der Waals surface area contributed by atoms with E-state index in [4.69, 9.17) is 10.2 Å². The van der Waals surface area contributed by atoms with Gasteiger partial charge in [-0.1, -0.05) is 11.8 Å². The number of amides is 2. The van der Waals surface area contributed by atoms with Crippen LogP contribution < -0.4 is 5.32 Å². The van der Waals surface area contributed by atoms with Crippen molar-refractivity contribution >= 4 is 28.9 Å². The predicted octanol–water partition coefficient (Wildman–Crippen LogP) is -0.893. The van der Waals surface area contributed by atoms with Crippen molar-refractivity contribution in [3.8, 4) is 0 Å². The fourth-order valence-electron chi connectivity index (χ4n) is 1.32. The van der Waals surface area contributed by atoms with Crippen LogP contribution in [0.3, 0.4) is 0 Å². The Kier molecular flexibility index (Phi) is 5.23. The molecular weight excluding hydrogens is 248 g/mol. The summed E-state index contributed by atoms with van der Waals surface area (Å²) in [5, 5.41) is 19.4. The highest BCUT2D eigenvalue weighted by molar-refractivity contribution is 8.13. The van der Waals surface area contributed by atoms with E-state index in [1.807, 2.05) is 0 Å². The van der Waals surface area contributed by atoms with Crippen LogP contribution in [0.25, 0.3) is 0 Å². The molecule has 0 saturated carbocycles. The maximum atomic E-state index is 11.3. The standard InChI is InChI=1S/C9H14N2O5S/c12-5-6(8(14)15)10-7(13)1-2-11-3-4-17-9(11)16/h6,12H,1-5H2,(H,10,13)(H,14,15)/t6-/m1/s1. The number of aliphatic hydroxyl groups excluding tert-OH is 1. The van der Waals surface area contributed by atoms with E-state index in [0.29, 0.717) is 6.54 Å². The number of hydrogen-bond donors (Lipinski definition) is 3. The monoisotopic (exact) mass is 262 g/mol. The molecule has 1 atom stereocenters. The van der Waals surface area contributed by atoms with Gasteiger partial charge in [0.1, 0.15) is 6.04 Å². The van der Waals surface area contributed by atoms with Crippen LogP contribution in [-0.2, 0) is 9.59 Å². The van der Waals surface area contributed by atoms with Gasteiger partial charge in [0.25, 0.3) is 5.24 Å². The minimum atomic E-state index is -1.29. The summed E-state index contributed by atoms with van der Waals surface area (Å²) in [6.45, 7) is 0.230. The molecule has 0 aromatic heterocycles. The number of nitrogens with one attached hydrogen (secondary N) is 1. The molecule has 0 radical (unpaired) electrons. The Morgan fingerprint density at radius 3 is 2.71 bits per heavy atom. The first-order chi connectivity index (χ1) is 8.04. The fourth-order valence-corrected chi connectivity index (χ4v) is 2.17. The zero-order valence-corrected chi connectivity index (χ0v) is 9.90. The van der Waals surface area contributed by atoms with Crippen molar-refractivity contribution in [2.24, 2.45) is 0 Å². The van der Waals surface area contributed by atoms with E-state index >= 15 is 0 Å². The molecule has 2 amide bonds. The molecule has 1 heterocycles. The predicted molar refractivity (Wildman–Crippen MR) is 60.7 cm³/mol. The Morgan fingerprint density at radius 1 is 1.53 bits per heavy atom. The average Bonchev–Trinajstić information content (AvgIpc) is 2.68. The van der Waals surface area contributed by atoms with Crippen molar-refractivity contribution in [3.05, 3.63) is 0 Å². The van der Waals surface area contributed by atoms with Crippen LogP contribution in [0.1, 0.15) is 6.42 Å². The fraction of sp³-hybridized carbons (Fsp3) is 0.667. The van der Waals surface area contributed by atoms with Gasteiger partial charge in [-0.05, 0) is 0 Å². The summed E-state index contributed by atoms with van der Waals surface area (Å²) in [6, 6.07) is -1.29.